The zero-order valence-electron chi connectivity index (χ0n) is 31.1. The van der Waals surface area contributed by atoms with Gasteiger partial charge in [0.05, 0.1) is 0 Å². The third-order valence-electron chi connectivity index (χ3n) is 10.5. The second-order valence-corrected chi connectivity index (χ2v) is 15.2. The van der Waals surface area contributed by atoms with E-state index in [2.05, 4.69) is 165 Å². The molecular formula is C48H37N4O2Pt-3. The maximum atomic E-state index is 6.72. The summed E-state index contributed by atoms with van der Waals surface area (Å²) in [6, 6.07) is 49.4. The molecule has 0 radical (unpaired) electrons. The van der Waals surface area contributed by atoms with Gasteiger partial charge in [-0.1, -0.05) is 92.5 Å². The molecule has 1 aliphatic rings. The summed E-state index contributed by atoms with van der Waals surface area (Å²) in [7, 11) is 2.08. The smallest absolute Gasteiger partial charge is 0.140 e. The number of aromatic nitrogens is 2. The van der Waals surface area contributed by atoms with Gasteiger partial charge in [0.2, 0.25) is 0 Å². The minimum atomic E-state index is -0.137. The van der Waals surface area contributed by atoms with E-state index in [9.17, 15) is 0 Å². The van der Waals surface area contributed by atoms with Crippen molar-refractivity contribution in [3.05, 3.63) is 157 Å². The Morgan fingerprint density at radius 2 is 1.51 bits per heavy atom. The summed E-state index contributed by atoms with van der Waals surface area (Å²) in [5.41, 5.74) is 11.2. The molecule has 274 valence electrons. The van der Waals surface area contributed by atoms with Crippen molar-refractivity contribution >= 4 is 60.8 Å². The Morgan fingerprint density at radius 1 is 0.691 bits per heavy atom. The minimum absolute atomic E-state index is 0. The van der Waals surface area contributed by atoms with Crippen molar-refractivity contribution in [1.29, 1.82) is 0 Å². The molecule has 4 heterocycles. The van der Waals surface area contributed by atoms with E-state index in [0.29, 0.717) is 11.5 Å². The summed E-state index contributed by atoms with van der Waals surface area (Å²) in [6.45, 7) is 10.9. The number of rotatable bonds is 5. The fourth-order valence-electron chi connectivity index (χ4n) is 7.65. The third kappa shape index (κ3) is 5.96. The van der Waals surface area contributed by atoms with Gasteiger partial charge in [0.1, 0.15) is 17.0 Å². The van der Waals surface area contributed by atoms with Crippen LogP contribution in [0.25, 0.3) is 60.7 Å². The normalized spacial score (nSPS) is 12.9. The van der Waals surface area contributed by atoms with Crippen molar-refractivity contribution < 1.29 is 30.2 Å². The van der Waals surface area contributed by atoms with Gasteiger partial charge in [0, 0.05) is 72.5 Å². The van der Waals surface area contributed by atoms with Gasteiger partial charge in [0.25, 0.3) is 0 Å². The second-order valence-electron chi connectivity index (χ2n) is 15.2. The van der Waals surface area contributed by atoms with Crippen molar-refractivity contribution in [1.82, 2.24) is 9.55 Å². The van der Waals surface area contributed by atoms with E-state index in [4.69, 9.17) is 14.1 Å². The molecule has 0 spiro atoms. The van der Waals surface area contributed by atoms with Crippen LogP contribution in [-0.2, 0) is 26.5 Å². The molecule has 55 heavy (non-hydrogen) atoms. The maximum absolute atomic E-state index is 6.72. The van der Waals surface area contributed by atoms with Gasteiger partial charge < -0.3 is 23.5 Å². The molecule has 6 aromatic carbocycles. The number of anilines is 3. The van der Waals surface area contributed by atoms with Crippen LogP contribution in [0.4, 0.5) is 17.1 Å². The summed E-state index contributed by atoms with van der Waals surface area (Å²) in [5.74, 6) is 1.97. The second kappa shape index (κ2) is 13.2. The Hall–Kier alpha value is -5.84. The maximum Gasteiger partial charge on any atom is 0.140 e. The monoisotopic (exact) mass is 896 g/mol. The molecule has 9 aromatic rings. The van der Waals surface area contributed by atoms with Crippen LogP contribution in [0, 0.1) is 25.7 Å². The number of para-hydroxylation sites is 1. The first kappa shape index (κ1) is 34.9. The van der Waals surface area contributed by atoms with Crippen LogP contribution in [0.5, 0.6) is 11.5 Å². The van der Waals surface area contributed by atoms with Crippen LogP contribution in [0.2, 0.25) is 0 Å². The minimum Gasteiger partial charge on any atom is -0.509 e. The number of ether oxygens (including phenoxy) is 1. The summed E-state index contributed by atoms with van der Waals surface area (Å²) in [6.07, 6.45) is 1.92. The first-order chi connectivity index (χ1) is 26.2. The van der Waals surface area contributed by atoms with Gasteiger partial charge in [-0.2, -0.15) is 12.7 Å². The van der Waals surface area contributed by atoms with E-state index in [1.165, 1.54) is 11.1 Å². The van der Waals surface area contributed by atoms with Gasteiger partial charge in [0.15, 0.2) is 0 Å². The Labute approximate surface area is 334 Å². The van der Waals surface area contributed by atoms with Crippen molar-refractivity contribution in [2.45, 2.75) is 33.1 Å². The van der Waals surface area contributed by atoms with Gasteiger partial charge in [-0.15, -0.1) is 47.0 Å². The number of hydrogen-bond donors (Lipinski definition) is 0. The Bertz CT molecular complexity index is 2920. The molecule has 0 atom stereocenters. The SMILES string of the molecule is Cc1ccc2oc3cc(-n4c5[c-]c(Oc6[c-]c(N7[CH-]N(C)c8ccc(-c9ccccc9)cc87)cc(C(C)(C)C)c6)ccc5c5ccccc54)ncc3c2c1.[Pt]. The summed E-state index contributed by atoms with van der Waals surface area (Å²) in [5, 5.41) is 4.24. The molecule has 0 amide bonds. The van der Waals surface area contributed by atoms with Crippen LogP contribution < -0.4 is 14.5 Å². The van der Waals surface area contributed by atoms with Gasteiger partial charge >= 0.3 is 0 Å². The van der Waals surface area contributed by atoms with Crippen LogP contribution in [0.3, 0.4) is 0 Å². The molecule has 0 bridgehead atoms. The molecule has 7 heteroatoms. The van der Waals surface area contributed by atoms with E-state index in [0.717, 1.165) is 77.8 Å². The predicted octanol–water partition coefficient (Wildman–Crippen LogP) is 12.4. The standard InChI is InChI=1S/C48H37N4O2.Pt/c1-30-15-20-45-39(21-30)40-28-49-47(27-46(40)54-45)52-41-14-10-9-13-37(41)38-18-17-35(26-43(38)52)53-36-24-33(48(2,3)4)23-34(25-36)51-29-50(5)42-19-16-32(22-44(42)51)31-11-7-6-8-12-31;/h6-24,27-29H,1-5H3;/q-3;. The molecule has 3 aromatic heterocycles. The average molecular weight is 897 g/mol. The third-order valence-corrected chi connectivity index (χ3v) is 10.5. The van der Waals surface area contributed by atoms with E-state index in [1.54, 1.807) is 0 Å². The largest absolute Gasteiger partial charge is 0.509 e. The number of fused-ring (bicyclic) bond motifs is 7. The molecule has 6 nitrogen and oxygen atoms in total. The van der Waals surface area contributed by atoms with E-state index >= 15 is 0 Å². The molecule has 0 unspecified atom stereocenters. The molecule has 0 fully saturated rings. The number of furan rings is 1. The molecule has 0 saturated carbocycles. The Morgan fingerprint density at radius 3 is 2.35 bits per heavy atom. The van der Waals surface area contributed by atoms with E-state index in [1.807, 2.05) is 30.5 Å². The zero-order valence-corrected chi connectivity index (χ0v) is 33.4. The van der Waals surface area contributed by atoms with Crippen LogP contribution >= 0.6 is 0 Å². The number of hydrogen-bond acceptors (Lipinski definition) is 5. The van der Waals surface area contributed by atoms with Crippen molar-refractivity contribution in [3.8, 4) is 28.4 Å². The molecule has 10 rings (SSSR count). The average Bonchev–Trinajstić information content (AvgIpc) is 3.82. The van der Waals surface area contributed by atoms with E-state index < -0.39 is 0 Å². The Balaban J connectivity index is 0.00000397. The van der Waals surface area contributed by atoms with Gasteiger partial charge in [-0.3, -0.25) is 0 Å². The number of nitrogens with zero attached hydrogens (tertiary/aromatic N) is 4. The molecule has 0 N–H and O–H groups in total. The van der Waals surface area contributed by atoms with Crippen molar-refractivity contribution in [2.75, 3.05) is 16.8 Å². The van der Waals surface area contributed by atoms with Crippen LogP contribution in [-0.4, -0.2) is 16.6 Å². The molecule has 0 aliphatic carbocycles. The molecule has 0 saturated heterocycles. The van der Waals surface area contributed by atoms with Gasteiger partial charge in [-0.25, -0.2) is 4.98 Å². The van der Waals surface area contributed by atoms with Gasteiger partial charge in [-0.05, 0) is 66.2 Å². The van der Waals surface area contributed by atoms with E-state index in [-0.39, 0.29) is 26.5 Å². The summed E-state index contributed by atoms with van der Waals surface area (Å²) < 4.78 is 15.2. The fourth-order valence-corrected chi connectivity index (χ4v) is 7.65. The molecular weight excluding hydrogens is 860 g/mol. The number of benzene rings is 6. The fraction of sp³-hybridized carbons (Fsp3) is 0.125. The van der Waals surface area contributed by atoms with Crippen molar-refractivity contribution in [2.24, 2.45) is 0 Å². The van der Waals surface area contributed by atoms with Crippen LogP contribution in [0.1, 0.15) is 31.9 Å². The predicted molar refractivity (Wildman–Crippen MR) is 220 cm³/mol. The summed E-state index contributed by atoms with van der Waals surface area (Å²) >= 11 is 0. The quantitative estimate of drug-likeness (QED) is 0.161. The van der Waals surface area contributed by atoms with Crippen molar-refractivity contribution in [3.63, 3.8) is 0 Å². The number of pyridine rings is 1. The zero-order chi connectivity index (χ0) is 36.7. The topological polar surface area (TPSA) is 46.7 Å². The summed E-state index contributed by atoms with van der Waals surface area (Å²) in [4.78, 5) is 9.34. The number of aryl methyl sites for hydroxylation is 1. The first-order valence-corrected chi connectivity index (χ1v) is 18.2. The first-order valence-electron chi connectivity index (χ1n) is 18.2. The Kier molecular flexibility index (Phi) is 8.36. The van der Waals surface area contributed by atoms with Crippen LogP contribution in [0.15, 0.2) is 132 Å². The molecule has 1 aliphatic heterocycles.